The molecule has 18 heteroatoms. The third-order valence-corrected chi connectivity index (χ3v) is 17.7. The van der Waals surface area contributed by atoms with Gasteiger partial charge in [0.25, 0.3) is 0 Å². The summed E-state index contributed by atoms with van der Waals surface area (Å²) in [5.74, 6) is -1.76. The number of ketones is 1. The maximum absolute atomic E-state index is 14.7. The van der Waals surface area contributed by atoms with Gasteiger partial charge in [-0.25, -0.2) is 16.8 Å². The molecular formula is C51H84N4O12S2. The molecular weight excluding hydrogens is 925 g/mol. The van der Waals surface area contributed by atoms with Crippen molar-refractivity contribution in [2.45, 2.75) is 142 Å². The topological polar surface area (TPSA) is 195 Å². The van der Waals surface area contributed by atoms with Crippen LogP contribution in [0.3, 0.4) is 0 Å². The molecule has 1 N–H and O–H groups in total. The predicted molar refractivity (Wildman–Crippen MR) is 268 cm³/mol. The summed E-state index contributed by atoms with van der Waals surface area (Å²) in [4.78, 5) is 62.5. The fourth-order valence-corrected chi connectivity index (χ4v) is 12.4. The van der Waals surface area contributed by atoms with Crippen LogP contribution >= 0.6 is 0 Å². The minimum absolute atomic E-state index is 0.0133. The average molecular weight is 1010 g/mol. The first-order valence-corrected chi connectivity index (χ1v) is 28.7. The summed E-state index contributed by atoms with van der Waals surface area (Å²) in [5, 5.41) is 3.98. The molecule has 0 spiro atoms. The van der Waals surface area contributed by atoms with Crippen molar-refractivity contribution in [3.05, 3.63) is 47.9 Å². The minimum Gasteiger partial charge on any atom is -0.379 e. The SMILES string of the molecule is C=CS(=O)(=O)CCOCCOCCS(=O)(=O)CCN1[C@H]2CC[C@@H](C2)[C@H]1C(=O)N[C@H](C(=O)N(C)[C@@H]([C@@H](C)CC)[C@@H](CC(=O)N1CCC[C@H]1[C@H](OC)[C@@H](C)C(=O)C[C@H](C)Cc1ccccc1)OC)C(C)C. The first-order valence-electron chi connectivity index (χ1n) is 25.1. The normalized spacial score (nSPS) is 22.7. The van der Waals surface area contributed by atoms with E-state index in [1.807, 2.05) is 62.6 Å². The zero-order valence-electron chi connectivity index (χ0n) is 42.9. The number of carbonyl (C=O) groups is 4. The largest absolute Gasteiger partial charge is 0.379 e. The van der Waals surface area contributed by atoms with Gasteiger partial charge in [-0.1, -0.05) is 84.9 Å². The molecule has 1 saturated carbocycles. The number of nitrogens with zero attached hydrogens (tertiary/aromatic N) is 3. The van der Waals surface area contributed by atoms with Crippen LogP contribution in [-0.2, 0) is 64.2 Å². The molecule has 2 bridgehead atoms. The van der Waals surface area contributed by atoms with E-state index in [-0.39, 0.29) is 116 Å². The number of sulfone groups is 2. The van der Waals surface area contributed by atoms with Gasteiger partial charge in [0.2, 0.25) is 17.7 Å². The molecule has 0 radical (unpaired) electrons. The van der Waals surface area contributed by atoms with E-state index in [1.54, 1.807) is 26.2 Å². The first-order chi connectivity index (χ1) is 32.7. The maximum Gasteiger partial charge on any atom is 0.245 e. The summed E-state index contributed by atoms with van der Waals surface area (Å²) in [6.07, 6.45) is 4.75. The van der Waals surface area contributed by atoms with Crippen LogP contribution in [0.4, 0.5) is 0 Å². The maximum atomic E-state index is 14.7. The summed E-state index contributed by atoms with van der Waals surface area (Å²) < 4.78 is 72.1. The molecule has 0 aromatic heterocycles. The Morgan fingerprint density at radius 3 is 2.16 bits per heavy atom. The molecule has 1 aromatic carbocycles. The number of rotatable bonds is 32. The van der Waals surface area contributed by atoms with Crippen molar-refractivity contribution >= 4 is 43.2 Å². The van der Waals surface area contributed by atoms with Gasteiger partial charge in [-0.15, -0.1) is 0 Å². The van der Waals surface area contributed by atoms with E-state index in [1.165, 1.54) is 5.56 Å². The van der Waals surface area contributed by atoms with Crippen molar-refractivity contribution in [3.8, 4) is 0 Å². The monoisotopic (exact) mass is 1010 g/mol. The fraction of sp³-hybridized carbons (Fsp3) is 0.765. The quantitative estimate of drug-likeness (QED) is 0.0974. The van der Waals surface area contributed by atoms with E-state index in [4.69, 9.17) is 18.9 Å². The van der Waals surface area contributed by atoms with Crippen LogP contribution in [0.5, 0.6) is 0 Å². The van der Waals surface area contributed by atoms with Crippen molar-refractivity contribution < 1.29 is 55.0 Å². The second-order valence-electron chi connectivity index (χ2n) is 20.1. The summed E-state index contributed by atoms with van der Waals surface area (Å²) in [5.41, 5.74) is 1.19. The van der Waals surface area contributed by atoms with Crippen LogP contribution < -0.4 is 5.32 Å². The summed E-state index contributed by atoms with van der Waals surface area (Å²) in [6.45, 7) is 16.0. The van der Waals surface area contributed by atoms with Crippen LogP contribution in [-0.4, -0.2) is 176 Å². The second-order valence-corrected chi connectivity index (χ2v) is 24.5. The van der Waals surface area contributed by atoms with Crippen molar-refractivity contribution in [1.82, 2.24) is 20.0 Å². The highest BCUT2D eigenvalue weighted by Gasteiger charge is 2.50. The number of benzene rings is 1. The van der Waals surface area contributed by atoms with Crippen LogP contribution in [0, 0.1) is 29.6 Å². The van der Waals surface area contributed by atoms with E-state index in [0.29, 0.717) is 25.8 Å². The average Bonchev–Trinajstić information content (AvgIpc) is 4.09. The lowest BCUT2D eigenvalue weighted by Crippen LogP contribution is -2.60. The molecule has 392 valence electrons. The van der Waals surface area contributed by atoms with Crippen LogP contribution in [0.1, 0.15) is 98.5 Å². The number of Topliss-reactive ketones (excluding diaryl/α,β-unsaturated/α-hetero) is 1. The standard InChI is InChI=1S/C51H84N4O12S2/c1-11-37(6)47(44(64-9)34-45(57)55-22-16-19-42(55)49(65-10)38(7)43(56)32-36(5)31-39-17-14-13-15-18-39)53(8)51(59)46(35(3)4)52-50(58)48-40-20-21-41(33-40)54(48)23-28-69(62,63)30-27-67-25-24-66-26-29-68(60,61)12-2/h12-15,17-18,35-38,40-42,44,46-49H,2,11,16,19-34H2,1,3-10H3,(H,52,58)/t36-,37+,38+,40+,41+,42+,44-,46+,47+,48+,49-/m1/s1. The van der Waals surface area contributed by atoms with Gasteiger partial charge in [0.05, 0.1) is 80.4 Å². The Bertz CT molecular complexity index is 2040. The Kier molecular flexibility index (Phi) is 23.3. The number of likely N-dealkylation sites (N-methyl/N-ethyl adjacent to an activating group) is 1. The number of amides is 3. The molecule has 1 aliphatic carbocycles. The number of methoxy groups -OCH3 is 2. The van der Waals surface area contributed by atoms with Crippen LogP contribution in [0.25, 0.3) is 0 Å². The number of fused-ring (bicyclic) bond motifs is 2. The summed E-state index contributed by atoms with van der Waals surface area (Å²) in [6, 6.07) is 7.94. The Labute approximate surface area is 413 Å². The lowest BCUT2D eigenvalue weighted by molar-refractivity contribution is -0.148. The molecule has 2 aliphatic heterocycles. The molecule has 3 amide bonds. The van der Waals surface area contributed by atoms with Gasteiger partial charge < -0.3 is 34.1 Å². The summed E-state index contributed by atoms with van der Waals surface area (Å²) in [7, 11) is -2.02. The van der Waals surface area contributed by atoms with Gasteiger partial charge in [-0.2, -0.15) is 0 Å². The zero-order valence-corrected chi connectivity index (χ0v) is 44.5. The Morgan fingerprint density at radius 1 is 0.884 bits per heavy atom. The fourth-order valence-electron chi connectivity index (χ4n) is 10.8. The lowest BCUT2D eigenvalue weighted by Gasteiger charge is -2.41. The number of nitrogens with one attached hydrogen (secondary N) is 1. The highest BCUT2D eigenvalue weighted by molar-refractivity contribution is 7.94. The lowest BCUT2D eigenvalue weighted by atomic mass is 9.86. The zero-order chi connectivity index (χ0) is 51.1. The van der Waals surface area contributed by atoms with Crippen molar-refractivity contribution in [2.75, 3.05) is 78.0 Å². The van der Waals surface area contributed by atoms with Crippen molar-refractivity contribution in [3.63, 3.8) is 0 Å². The molecule has 2 heterocycles. The molecule has 1 aromatic rings. The molecule has 16 nitrogen and oxygen atoms in total. The smallest absolute Gasteiger partial charge is 0.245 e. The Morgan fingerprint density at radius 2 is 1.55 bits per heavy atom. The number of ether oxygens (including phenoxy) is 4. The summed E-state index contributed by atoms with van der Waals surface area (Å²) >= 11 is 0. The number of likely N-dealkylation sites (tertiary alicyclic amines) is 2. The molecule has 3 fully saturated rings. The first kappa shape index (κ1) is 58.3. The molecule has 69 heavy (non-hydrogen) atoms. The number of hydrogen-bond acceptors (Lipinski definition) is 13. The van der Waals surface area contributed by atoms with Gasteiger partial charge in [-0.3, -0.25) is 24.1 Å². The van der Waals surface area contributed by atoms with Gasteiger partial charge in [0.15, 0.2) is 19.7 Å². The van der Waals surface area contributed by atoms with E-state index < -0.39 is 55.9 Å². The molecule has 3 aliphatic rings. The Hall–Kier alpha value is -3.26. The van der Waals surface area contributed by atoms with Gasteiger partial charge >= 0.3 is 0 Å². The minimum atomic E-state index is -3.54. The Balaban J connectivity index is 1.37. The van der Waals surface area contributed by atoms with Gasteiger partial charge in [-0.05, 0) is 67.8 Å². The molecule has 0 unspecified atom stereocenters. The number of carbonyl (C=O) groups excluding carboxylic acids is 4. The predicted octanol–water partition coefficient (Wildman–Crippen LogP) is 4.74. The third kappa shape index (κ3) is 16.6. The van der Waals surface area contributed by atoms with Crippen molar-refractivity contribution in [2.24, 2.45) is 29.6 Å². The van der Waals surface area contributed by atoms with Crippen LogP contribution in [0.2, 0.25) is 0 Å². The van der Waals surface area contributed by atoms with Crippen LogP contribution in [0.15, 0.2) is 42.3 Å². The molecule has 2 saturated heterocycles. The van der Waals surface area contributed by atoms with E-state index >= 15 is 0 Å². The van der Waals surface area contributed by atoms with E-state index in [0.717, 1.165) is 37.5 Å². The highest BCUT2D eigenvalue weighted by Crippen LogP contribution is 2.42. The third-order valence-electron chi connectivity index (χ3n) is 14.9. The van der Waals surface area contributed by atoms with E-state index in [2.05, 4.69) is 31.0 Å². The number of hydrogen-bond donors (Lipinski definition) is 1. The molecule has 11 atom stereocenters. The van der Waals surface area contributed by atoms with Gasteiger partial charge in [0, 0.05) is 58.1 Å². The van der Waals surface area contributed by atoms with Gasteiger partial charge in [0.1, 0.15) is 11.8 Å². The number of piperidine rings is 1. The molecule has 4 rings (SSSR count). The highest BCUT2D eigenvalue weighted by atomic mass is 32.2. The second kappa shape index (κ2) is 27.5. The van der Waals surface area contributed by atoms with Crippen molar-refractivity contribution in [1.29, 1.82) is 0 Å². The van der Waals surface area contributed by atoms with E-state index in [9.17, 15) is 36.0 Å².